The van der Waals surface area contributed by atoms with E-state index in [-0.39, 0.29) is 24.9 Å². The van der Waals surface area contributed by atoms with Crippen LogP contribution in [-0.4, -0.2) is 31.4 Å². The number of anilines is 1. The lowest BCUT2D eigenvalue weighted by atomic mass is 10.1. The Morgan fingerprint density at radius 2 is 2.00 bits per heavy atom. The average molecular weight is 367 g/mol. The van der Waals surface area contributed by atoms with Gasteiger partial charge in [-0.3, -0.25) is 9.59 Å². The molecule has 0 atom stereocenters. The summed E-state index contributed by atoms with van der Waals surface area (Å²) in [5, 5.41) is 0. The second-order valence-corrected chi connectivity index (χ2v) is 6.86. The van der Waals surface area contributed by atoms with Crippen molar-refractivity contribution in [3.8, 4) is 5.75 Å². The second kappa shape index (κ2) is 8.35. The number of aryl methyl sites for hydroxylation is 2. The lowest BCUT2D eigenvalue weighted by molar-refractivity contribution is -0.121. The molecule has 0 aromatic heterocycles. The summed E-state index contributed by atoms with van der Waals surface area (Å²) in [7, 11) is 0. The third-order valence-electron chi connectivity index (χ3n) is 4.66. The molecule has 3 rings (SSSR count). The highest BCUT2D eigenvalue weighted by molar-refractivity contribution is 6.02. The minimum absolute atomic E-state index is 0.00527. The molecule has 1 aliphatic rings. The number of nitrogens with zero attached hydrogens (tertiary/aromatic N) is 1. The Labute approximate surface area is 159 Å². The third kappa shape index (κ3) is 4.37. The summed E-state index contributed by atoms with van der Waals surface area (Å²) in [5.74, 6) is 0.438. The number of hydrogen-bond acceptors (Lipinski definition) is 4. The highest BCUT2D eigenvalue weighted by atomic mass is 16.5. The summed E-state index contributed by atoms with van der Waals surface area (Å²) >= 11 is 0. The lowest BCUT2D eigenvalue weighted by Crippen LogP contribution is -2.39. The van der Waals surface area contributed by atoms with Crippen molar-refractivity contribution in [3.63, 3.8) is 0 Å². The number of Topliss-reactive ketones (excluding diaryl/α,β-unsaturated/α-hetero) is 1. The quantitative estimate of drug-likeness (QED) is 0.698. The summed E-state index contributed by atoms with van der Waals surface area (Å²) in [6.45, 7) is 7.14. The molecule has 2 aromatic rings. The molecule has 5 heteroatoms. The van der Waals surface area contributed by atoms with Crippen molar-refractivity contribution in [1.29, 1.82) is 0 Å². The van der Waals surface area contributed by atoms with Crippen LogP contribution in [0.4, 0.5) is 5.69 Å². The van der Waals surface area contributed by atoms with Gasteiger partial charge < -0.3 is 14.4 Å². The lowest BCUT2D eigenvalue weighted by Gasteiger charge is -2.29. The third-order valence-corrected chi connectivity index (χ3v) is 4.66. The van der Waals surface area contributed by atoms with Crippen molar-refractivity contribution in [2.45, 2.75) is 33.8 Å². The van der Waals surface area contributed by atoms with Crippen LogP contribution in [0.25, 0.3) is 0 Å². The number of ketones is 1. The molecule has 1 heterocycles. The number of ether oxygens (including phenoxy) is 2. The summed E-state index contributed by atoms with van der Waals surface area (Å²) < 4.78 is 11.1. The van der Waals surface area contributed by atoms with E-state index in [1.807, 2.05) is 32.9 Å². The van der Waals surface area contributed by atoms with Crippen molar-refractivity contribution in [3.05, 3.63) is 58.7 Å². The molecule has 0 bridgehead atoms. The standard InChI is InChI=1S/C22H25NO4/c1-4-9-23-19-11-17(7-8-21(19)27-14-22(23)25)20(24)13-26-12-18-6-5-15(2)10-16(18)3/h5-8,10-11H,4,9,12-14H2,1-3H3. The van der Waals surface area contributed by atoms with E-state index < -0.39 is 0 Å². The van der Waals surface area contributed by atoms with Gasteiger partial charge in [0, 0.05) is 12.1 Å². The first-order valence-corrected chi connectivity index (χ1v) is 9.24. The first-order valence-electron chi connectivity index (χ1n) is 9.24. The van der Waals surface area contributed by atoms with Crippen LogP contribution in [0.5, 0.6) is 5.75 Å². The molecular formula is C22H25NO4. The van der Waals surface area contributed by atoms with Gasteiger partial charge >= 0.3 is 0 Å². The number of fused-ring (bicyclic) bond motifs is 1. The molecule has 0 saturated carbocycles. The largest absolute Gasteiger partial charge is 0.482 e. The maximum absolute atomic E-state index is 12.5. The molecule has 0 fully saturated rings. The minimum Gasteiger partial charge on any atom is -0.482 e. The van der Waals surface area contributed by atoms with Gasteiger partial charge in [-0.05, 0) is 49.6 Å². The Hall–Kier alpha value is -2.66. The summed E-state index contributed by atoms with van der Waals surface area (Å²) in [6, 6.07) is 11.4. The Balaban J connectivity index is 1.67. The van der Waals surface area contributed by atoms with E-state index in [9.17, 15) is 9.59 Å². The van der Waals surface area contributed by atoms with Crippen LogP contribution in [0.15, 0.2) is 36.4 Å². The molecule has 1 amide bonds. The summed E-state index contributed by atoms with van der Waals surface area (Å²) in [5.41, 5.74) is 4.62. The maximum atomic E-state index is 12.5. The van der Waals surface area contributed by atoms with E-state index >= 15 is 0 Å². The van der Waals surface area contributed by atoms with E-state index in [1.54, 1.807) is 23.1 Å². The normalized spacial score (nSPS) is 13.3. The number of amides is 1. The van der Waals surface area contributed by atoms with Crippen molar-refractivity contribution in [2.75, 3.05) is 24.7 Å². The number of benzene rings is 2. The average Bonchev–Trinajstić information content (AvgIpc) is 2.65. The molecule has 0 saturated heterocycles. The highest BCUT2D eigenvalue weighted by Gasteiger charge is 2.25. The molecule has 27 heavy (non-hydrogen) atoms. The fraction of sp³-hybridized carbons (Fsp3) is 0.364. The van der Waals surface area contributed by atoms with Crippen LogP contribution < -0.4 is 9.64 Å². The van der Waals surface area contributed by atoms with Gasteiger partial charge in [0.05, 0.1) is 12.3 Å². The van der Waals surface area contributed by atoms with E-state index in [2.05, 4.69) is 6.07 Å². The first-order chi connectivity index (χ1) is 13.0. The Morgan fingerprint density at radius 3 is 2.74 bits per heavy atom. The van der Waals surface area contributed by atoms with Gasteiger partial charge in [-0.25, -0.2) is 0 Å². The molecular weight excluding hydrogens is 342 g/mol. The fourth-order valence-electron chi connectivity index (χ4n) is 3.19. The van der Waals surface area contributed by atoms with E-state index in [4.69, 9.17) is 9.47 Å². The first kappa shape index (κ1) is 19.1. The predicted octanol–water partition coefficient (Wildman–Crippen LogP) is 3.84. The highest BCUT2D eigenvalue weighted by Crippen LogP contribution is 2.33. The molecule has 0 radical (unpaired) electrons. The van der Waals surface area contributed by atoms with Gasteiger partial charge in [0.1, 0.15) is 12.4 Å². The molecule has 0 spiro atoms. The van der Waals surface area contributed by atoms with Crippen LogP contribution in [0.2, 0.25) is 0 Å². The molecule has 0 aliphatic carbocycles. The number of carbonyl (C=O) groups excluding carboxylic acids is 2. The molecule has 1 aliphatic heterocycles. The molecule has 142 valence electrons. The van der Waals surface area contributed by atoms with E-state index in [0.29, 0.717) is 30.2 Å². The minimum atomic E-state index is -0.114. The second-order valence-electron chi connectivity index (χ2n) is 6.86. The van der Waals surface area contributed by atoms with E-state index in [1.165, 1.54) is 5.56 Å². The van der Waals surface area contributed by atoms with Gasteiger partial charge in [0.15, 0.2) is 12.4 Å². The number of hydrogen-bond donors (Lipinski definition) is 0. The van der Waals surface area contributed by atoms with Crippen LogP contribution in [-0.2, 0) is 16.1 Å². The van der Waals surface area contributed by atoms with Crippen molar-refractivity contribution in [2.24, 2.45) is 0 Å². The van der Waals surface area contributed by atoms with Crippen LogP contribution >= 0.6 is 0 Å². The molecule has 5 nitrogen and oxygen atoms in total. The Morgan fingerprint density at radius 1 is 1.19 bits per heavy atom. The number of rotatable bonds is 7. The zero-order valence-electron chi connectivity index (χ0n) is 16.1. The van der Waals surface area contributed by atoms with Gasteiger partial charge in [-0.1, -0.05) is 30.7 Å². The zero-order valence-corrected chi connectivity index (χ0v) is 16.1. The van der Waals surface area contributed by atoms with Crippen molar-refractivity contribution in [1.82, 2.24) is 0 Å². The van der Waals surface area contributed by atoms with Crippen molar-refractivity contribution >= 4 is 17.4 Å². The topological polar surface area (TPSA) is 55.8 Å². The van der Waals surface area contributed by atoms with Gasteiger partial charge in [-0.2, -0.15) is 0 Å². The van der Waals surface area contributed by atoms with Crippen LogP contribution in [0.3, 0.4) is 0 Å². The molecule has 0 N–H and O–H groups in total. The van der Waals surface area contributed by atoms with Crippen LogP contribution in [0.1, 0.15) is 40.4 Å². The van der Waals surface area contributed by atoms with Crippen LogP contribution in [0, 0.1) is 13.8 Å². The molecule has 2 aromatic carbocycles. The Kier molecular flexibility index (Phi) is 5.91. The van der Waals surface area contributed by atoms with Gasteiger partial charge in [0.25, 0.3) is 5.91 Å². The number of carbonyl (C=O) groups is 2. The predicted molar refractivity (Wildman–Crippen MR) is 104 cm³/mol. The monoisotopic (exact) mass is 367 g/mol. The SMILES string of the molecule is CCCN1C(=O)COc2ccc(C(=O)COCc3ccc(C)cc3C)cc21. The fourth-order valence-corrected chi connectivity index (χ4v) is 3.19. The van der Waals surface area contributed by atoms with Crippen molar-refractivity contribution < 1.29 is 19.1 Å². The smallest absolute Gasteiger partial charge is 0.265 e. The maximum Gasteiger partial charge on any atom is 0.265 e. The summed E-state index contributed by atoms with van der Waals surface area (Å²) in [4.78, 5) is 26.3. The molecule has 0 unspecified atom stereocenters. The zero-order chi connectivity index (χ0) is 19.4. The summed E-state index contributed by atoms with van der Waals surface area (Å²) in [6.07, 6.45) is 0.836. The van der Waals surface area contributed by atoms with Gasteiger partial charge in [-0.15, -0.1) is 0 Å². The van der Waals surface area contributed by atoms with E-state index in [0.717, 1.165) is 17.5 Å². The van der Waals surface area contributed by atoms with Gasteiger partial charge in [0.2, 0.25) is 0 Å². The Bertz CT molecular complexity index is 859.